The number of rotatable bonds is 9. The molecule has 1 N–H and O–H groups in total. The Labute approximate surface area is 186 Å². The summed E-state index contributed by atoms with van der Waals surface area (Å²) in [6, 6.07) is 11.6. The fourth-order valence-electron chi connectivity index (χ4n) is 3.83. The highest BCUT2D eigenvalue weighted by molar-refractivity contribution is 7.92. The average Bonchev–Trinajstić information content (AvgIpc) is 2.70. The minimum atomic E-state index is -3.65. The Kier molecular flexibility index (Phi) is 8.12. The molecule has 0 aliphatic heterocycles. The first-order chi connectivity index (χ1) is 14.5. The average molecular weight is 447 g/mol. The van der Waals surface area contributed by atoms with Gasteiger partial charge in [-0.15, -0.1) is 0 Å². The van der Waals surface area contributed by atoms with Gasteiger partial charge in [-0.25, -0.2) is 8.42 Å². The van der Waals surface area contributed by atoms with E-state index >= 15 is 0 Å². The number of ether oxygens (including phenoxy) is 1. The lowest BCUT2D eigenvalue weighted by molar-refractivity contribution is -0.122. The fourth-order valence-corrected chi connectivity index (χ4v) is 5.04. The van der Waals surface area contributed by atoms with Crippen molar-refractivity contribution >= 4 is 21.6 Å². The van der Waals surface area contributed by atoms with Crippen molar-refractivity contribution in [2.24, 2.45) is 0 Å². The van der Waals surface area contributed by atoms with Gasteiger partial charge in [0, 0.05) is 0 Å². The van der Waals surface area contributed by atoms with Gasteiger partial charge in [0.25, 0.3) is 0 Å². The third-order valence-electron chi connectivity index (χ3n) is 5.41. The molecule has 0 fully saturated rings. The number of aryl methyl sites for hydroxylation is 1. The number of carbonyl (C=O) groups is 1. The summed E-state index contributed by atoms with van der Waals surface area (Å²) in [5.74, 6) is 0.763. The number of sulfonamides is 1. The molecule has 0 aliphatic rings. The fraction of sp³-hybridized carbons (Fsp3) is 0.458. The Morgan fingerprint density at radius 2 is 1.71 bits per heavy atom. The van der Waals surface area contributed by atoms with Crippen molar-refractivity contribution in [2.45, 2.75) is 59.0 Å². The van der Waals surface area contributed by atoms with E-state index < -0.39 is 16.1 Å². The van der Waals surface area contributed by atoms with Crippen LogP contribution in [0.4, 0.5) is 5.69 Å². The molecular weight excluding hydrogens is 412 g/mol. The summed E-state index contributed by atoms with van der Waals surface area (Å²) in [5.41, 5.74) is 3.53. The molecule has 6 nitrogen and oxygen atoms in total. The normalized spacial score (nSPS) is 13.5. The molecule has 0 radical (unpaired) electrons. The molecule has 0 bridgehead atoms. The largest absolute Gasteiger partial charge is 0.496 e. The van der Waals surface area contributed by atoms with Crippen LogP contribution in [0.2, 0.25) is 0 Å². The van der Waals surface area contributed by atoms with Gasteiger partial charge in [-0.2, -0.15) is 0 Å². The number of nitrogens with one attached hydrogen (secondary N) is 1. The third-order valence-corrected chi connectivity index (χ3v) is 6.59. The number of hydrogen-bond acceptors (Lipinski definition) is 4. The second-order valence-electron chi connectivity index (χ2n) is 8.15. The molecule has 1 amide bonds. The second kappa shape index (κ2) is 10.2. The van der Waals surface area contributed by atoms with Gasteiger partial charge in [0.2, 0.25) is 15.9 Å². The van der Waals surface area contributed by atoms with Crippen molar-refractivity contribution in [1.82, 2.24) is 5.32 Å². The Hall–Kier alpha value is -2.54. The molecule has 0 spiro atoms. The number of para-hydroxylation sites is 1. The van der Waals surface area contributed by atoms with E-state index in [2.05, 4.69) is 25.2 Å². The van der Waals surface area contributed by atoms with Crippen LogP contribution in [0, 0.1) is 6.92 Å². The standard InChI is InChI=1S/C24H34N2O4S/c1-8-22(26(31(7,28)29)19-12-10-9-11-13-19)24(27)25-18(5)21-15-20(16(2)3)23(30-6)14-17(21)4/h9-16,18,22H,8H2,1-7H3,(H,25,27). The first-order valence-corrected chi connectivity index (χ1v) is 12.4. The van der Waals surface area contributed by atoms with Gasteiger partial charge in [-0.1, -0.05) is 39.0 Å². The van der Waals surface area contributed by atoms with Crippen LogP contribution in [0.1, 0.15) is 62.8 Å². The van der Waals surface area contributed by atoms with E-state index in [0.717, 1.165) is 28.7 Å². The molecule has 0 saturated carbocycles. The number of anilines is 1. The molecule has 2 unspecified atom stereocenters. The molecule has 0 aromatic heterocycles. The number of carbonyl (C=O) groups excluding carboxylic acids is 1. The van der Waals surface area contributed by atoms with Crippen LogP contribution >= 0.6 is 0 Å². The maximum Gasteiger partial charge on any atom is 0.244 e. The van der Waals surface area contributed by atoms with Crippen molar-refractivity contribution in [1.29, 1.82) is 0 Å². The van der Waals surface area contributed by atoms with E-state index in [0.29, 0.717) is 12.1 Å². The minimum absolute atomic E-state index is 0.263. The van der Waals surface area contributed by atoms with E-state index in [9.17, 15) is 13.2 Å². The number of amides is 1. The lowest BCUT2D eigenvalue weighted by atomic mass is 9.93. The Bertz CT molecular complexity index is 1000. The van der Waals surface area contributed by atoms with Crippen LogP contribution < -0.4 is 14.4 Å². The Morgan fingerprint density at radius 3 is 2.19 bits per heavy atom. The molecule has 0 heterocycles. The molecule has 7 heteroatoms. The number of methoxy groups -OCH3 is 1. The summed E-state index contributed by atoms with van der Waals surface area (Å²) >= 11 is 0. The molecule has 170 valence electrons. The Morgan fingerprint density at radius 1 is 1.10 bits per heavy atom. The quantitative estimate of drug-likeness (QED) is 0.613. The molecule has 2 atom stereocenters. The second-order valence-corrected chi connectivity index (χ2v) is 10.0. The monoisotopic (exact) mass is 446 g/mol. The topological polar surface area (TPSA) is 75.7 Å². The van der Waals surface area contributed by atoms with Crippen molar-refractivity contribution < 1.29 is 17.9 Å². The Balaban J connectivity index is 2.37. The highest BCUT2D eigenvalue weighted by Crippen LogP contribution is 2.32. The summed E-state index contributed by atoms with van der Waals surface area (Å²) in [4.78, 5) is 13.2. The van der Waals surface area contributed by atoms with Gasteiger partial charge in [0.15, 0.2) is 0 Å². The van der Waals surface area contributed by atoms with Crippen LogP contribution in [0.25, 0.3) is 0 Å². The van der Waals surface area contributed by atoms with E-state index in [1.54, 1.807) is 31.4 Å². The van der Waals surface area contributed by atoms with Gasteiger partial charge in [0.05, 0.1) is 25.1 Å². The molecule has 0 aliphatic carbocycles. The van der Waals surface area contributed by atoms with E-state index in [1.165, 1.54) is 4.31 Å². The maximum absolute atomic E-state index is 13.2. The van der Waals surface area contributed by atoms with Crippen LogP contribution in [0.15, 0.2) is 42.5 Å². The van der Waals surface area contributed by atoms with Crippen LogP contribution in [0.5, 0.6) is 5.75 Å². The zero-order valence-corrected chi connectivity index (χ0v) is 20.3. The molecular formula is C24H34N2O4S. The van der Waals surface area contributed by atoms with Gasteiger partial charge in [-0.3, -0.25) is 9.10 Å². The van der Waals surface area contributed by atoms with Crippen LogP contribution in [-0.4, -0.2) is 33.7 Å². The summed E-state index contributed by atoms with van der Waals surface area (Å²) in [6.07, 6.45) is 1.47. The van der Waals surface area contributed by atoms with Crippen molar-refractivity contribution in [3.63, 3.8) is 0 Å². The van der Waals surface area contributed by atoms with Crippen molar-refractivity contribution in [3.05, 3.63) is 59.2 Å². The summed E-state index contributed by atoms with van der Waals surface area (Å²) in [6.45, 7) is 9.89. The van der Waals surface area contributed by atoms with Gasteiger partial charge >= 0.3 is 0 Å². The van der Waals surface area contributed by atoms with Crippen LogP contribution in [-0.2, 0) is 14.8 Å². The first kappa shape index (κ1) is 24.7. The zero-order valence-electron chi connectivity index (χ0n) is 19.5. The maximum atomic E-state index is 13.2. The molecule has 2 aromatic rings. The van der Waals surface area contributed by atoms with E-state index in [1.807, 2.05) is 32.9 Å². The lowest BCUT2D eigenvalue weighted by Crippen LogP contribution is -2.49. The number of benzene rings is 2. The summed E-state index contributed by atoms with van der Waals surface area (Å²) in [7, 11) is -2.00. The number of hydrogen-bond donors (Lipinski definition) is 1. The highest BCUT2D eigenvalue weighted by Gasteiger charge is 2.32. The molecule has 2 aromatic carbocycles. The van der Waals surface area contributed by atoms with Gasteiger partial charge in [-0.05, 0) is 67.1 Å². The zero-order chi connectivity index (χ0) is 23.3. The third kappa shape index (κ3) is 5.79. The predicted octanol–water partition coefficient (Wildman–Crippen LogP) is 4.55. The molecule has 2 rings (SSSR count). The van der Waals surface area contributed by atoms with Gasteiger partial charge < -0.3 is 10.1 Å². The summed E-state index contributed by atoms with van der Waals surface area (Å²) < 4.78 is 31.9. The smallest absolute Gasteiger partial charge is 0.244 e. The van der Waals surface area contributed by atoms with Crippen molar-refractivity contribution in [3.8, 4) is 5.75 Å². The SMILES string of the molecule is CCC(C(=O)NC(C)c1cc(C(C)C)c(OC)cc1C)N(c1ccccc1)S(C)(=O)=O. The predicted molar refractivity (Wildman–Crippen MR) is 126 cm³/mol. The number of nitrogens with zero attached hydrogens (tertiary/aromatic N) is 1. The van der Waals surface area contributed by atoms with Crippen molar-refractivity contribution in [2.75, 3.05) is 17.7 Å². The van der Waals surface area contributed by atoms with Crippen LogP contribution in [0.3, 0.4) is 0 Å². The summed E-state index contributed by atoms with van der Waals surface area (Å²) in [5, 5.41) is 3.03. The molecule has 31 heavy (non-hydrogen) atoms. The lowest BCUT2D eigenvalue weighted by Gasteiger charge is -2.31. The van der Waals surface area contributed by atoms with E-state index in [-0.39, 0.29) is 17.9 Å². The first-order valence-electron chi connectivity index (χ1n) is 10.5. The van der Waals surface area contributed by atoms with Gasteiger partial charge in [0.1, 0.15) is 11.8 Å². The minimum Gasteiger partial charge on any atom is -0.496 e. The highest BCUT2D eigenvalue weighted by atomic mass is 32.2. The molecule has 0 saturated heterocycles. The van der Waals surface area contributed by atoms with E-state index in [4.69, 9.17) is 4.74 Å².